The van der Waals surface area contributed by atoms with Crippen LogP contribution >= 0.6 is 0 Å². The van der Waals surface area contributed by atoms with Crippen molar-refractivity contribution < 1.29 is 9.53 Å². The van der Waals surface area contributed by atoms with Crippen LogP contribution in [0, 0.1) is 0 Å². The molecule has 4 nitrogen and oxygen atoms in total. The van der Waals surface area contributed by atoms with Gasteiger partial charge in [0.2, 0.25) is 0 Å². The maximum Gasteiger partial charge on any atom is 0.257 e. The van der Waals surface area contributed by atoms with Crippen LogP contribution in [0.2, 0.25) is 0 Å². The van der Waals surface area contributed by atoms with Gasteiger partial charge in [-0.3, -0.25) is 4.79 Å². The van der Waals surface area contributed by atoms with E-state index in [9.17, 15) is 4.79 Å². The lowest BCUT2D eigenvalue weighted by atomic mass is 10.0. The maximum atomic E-state index is 12.7. The minimum Gasteiger partial charge on any atom is -0.489 e. The van der Waals surface area contributed by atoms with E-state index >= 15 is 0 Å². The van der Waals surface area contributed by atoms with Gasteiger partial charge >= 0.3 is 0 Å². The fourth-order valence-corrected chi connectivity index (χ4v) is 2.67. The molecule has 1 saturated heterocycles. The van der Waals surface area contributed by atoms with Gasteiger partial charge in [0.25, 0.3) is 5.91 Å². The molecule has 21 heavy (non-hydrogen) atoms. The van der Waals surface area contributed by atoms with Gasteiger partial charge < -0.3 is 14.5 Å². The van der Waals surface area contributed by atoms with E-state index < -0.39 is 0 Å². The first-order valence-corrected chi connectivity index (χ1v) is 7.42. The van der Waals surface area contributed by atoms with Crippen LogP contribution in [0.5, 0.6) is 5.75 Å². The molecule has 0 saturated carbocycles. The first kappa shape index (κ1) is 15.6. The van der Waals surface area contributed by atoms with Crippen molar-refractivity contribution >= 4 is 5.91 Å². The Bertz CT molecular complexity index is 491. The average molecular weight is 288 g/mol. The molecule has 1 heterocycles. The molecule has 0 aliphatic carbocycles. The van der Waals surface area contributed by atoms with Gasteiger partial charge in [-0.25, -0.2) is 0 Å². The number of hydrogen-bond acceptors (Lipinski definition) is 3. The van der Waals surface area contributed by atoms with Crippen LogP contribution in [0.3, 0.4) is 0 Å². The molecule has 0 atom stereocenters. The third-order valence-corrected chi connectivity index (χ3v) is 3.96. The van der Waals surface area contributed by atoms with Gasteiger partial charge in [0.05, 0.1) is 5.56 Å². The summed E-state index contributed by atoms with van der Waals surface area (Å²) < 4.78 is 5.58. The number of amides is 1. The predicted octanol–water partition coefficient (Wildman–Crippen LogP) is 2.42. The normalized spacial score (nSPS) is 16.0. The van der Waals surface area contributed by atoms with Crippen molar-refractivity contribution in [3.63, 3.8) is 0 Å². The number of piperidine rings is 1. The Morgan fingerprint density at radius 3 is 2.67 bits per heavy atom. The number of benzene rings is 1. The summed E-state index contributed by atoms with van der Waals surface area (Å²) in [5.41, 5.74) is 0.641. The molecule has 0 bridgehead atoms. The van der Waals surface area contributed by atoms with E-state index in [1.165, 1.54) is 0 Å². The van der Waals surface area contributed by atoms with Crippen LogP contribution in [0.1, 0.15) is 23.2 Å². The highest BCUT2D eigenvalue weighted by atomic mass is 16.5. The number of para-hydroxylation sites is 1. The zero-order valence-corrected chi connectivity index (χ0v) is 12.9. The van der Waals surface area contributed by atoms with Crippen molar-refractivity contribution in [3.05, 3.63) is 42.5 Å². The topological polar surface area (TPSA) is 32.8 Å². The third-order valence-electron chi connectivity index (χ3n) is 3.96. The summed E-state index contributed by atoms with van der Waals surface area (Å²) in [5, 5.41) is 0. The monoisotopic (exact) mass is 288 g/mol. The van der Waals surface area contributed by atoms with Gasteiger partial charge in [0.1, 0.15) is 12.4 Å². The molecule has 0 radical (unpaired) electrons. The lowest BCUT2D eigenvalue weighted by Gasteiger charge is -2.35. The van der Waals surface area contributed by atoms with E-state index in [4.69, 9.17) is 4.74 Å². The van der Waals surface area contributed by atoms with Crippen molar-refractivity contribution in [2.45, 2.75) is 18.9 Å². The quantitative estimate of drug-likeness (QED) is 0.780. The zero-order chi connectivity index (χ0) is 15.2. The Labute approximate surface area is 127 Å². The van der Waals surface area contributed by atoms with E-state index in [2.05, 4.69) is 25.6 Å². The Morgan fingerprint density at radius 2 is 2.05 bits per heavy atom. The van der Waals surface area contributed by atoms with Gasteiger partial charge in [0, 0.05) is 19.1 Å². The maximum absolute atomic E-state index is 12.7. The summed E-state index contributed by atoms with van der Waals surface area (Å²) in [6.45, 7) is 5.66. The molecule has 1 amide bonds. The summed E-state index contributed by atoms with van der Waals surface area (Å²) in [6.07, 6.45) is 3.73. The van der Waals surface area contributed by atoms with E-state index in [-0.39, 0.29) is 5.91 Å². The molecule has 114 valence electrons. The summed E-state index contributed by atoms with van der Waals surface area (Å²) in [7, 11) is 4.20. The van der Waals surface area contributed by atoms with Gasteiger partial charge in [-0.05, 0) is 39.1 Å². The zero-order valence-electron chi connectivity index (χ0n) is 12.9. The molecular weight excluding hydrogens is 264 g/mol. The van der Waals surface area contributed by atoms with Crippen molar-refractivity contribution in [1.29, 1.82) is 0 Å². The molecule has 4 heteroatoms. The van der Waals surface area contributed by atoms with Crippen LogP contribution in [0.15, 0.2) is 36.9 Å². The fourth-order valence-electron chi connectivity index (χ4n) is 2.67. The minimum atomic E-state index is 0.0619. The lowest BCUT2D eigenvalue weighted by Crippen LogP contribution is -2.44. The molecule has 2 rings (SSSR count). The minimum absolute atomic E-state index is 0.0619. The number of carbonyl (C=O) groups excluding carboxylic acids is 1. The molecule has 0 N–H and O–H groups in total. The Balaban J connectivity index is 2.05. The van der Waals surface area contributed by atoms with Crippen molar-refractivity contribution in [2.75, 3.05) is 33.8 Å². The largest absolute Gasteiger partial charge is 0.489 e. The number of likely N-dealkylation sites (tertiary alicyclic amines) is 1. The van der Waals surface area contributed by atoms with E-state index in [1.807, 2.05) is 29.2 Å². The highest BCUT2D eigenvalue weighted by molar-refractivity contribution is 5.97. The highest BCUT2D eigenvalue weighted by Gasteiger charge is 2.26. The Morgan fingerprint density at radius 1 is 1.38 bits per heavy atom. The summed E-state index contributed by atoms with van der Waals surface area (Å²) in [5.74, 6) is 0.698. The second kappa shape index (κ2) is 7.27. The fraction of sp³-hybridized carbons (Fsp3) is 0.471. The number of ether oxygens (including phenoxy) is 1. The molecular formula is C17H24N2O2. The molecule has 0 spiro atoms. The van der Waals surface area contributed by atoms with Gasteiger partial charge in [0.15, 0.2) is 0 Å². The van der Waals surface area contributed by atoms with Crippen molar-refractivity contribution in [3.8, 4) is 5.75 Å². The van der Waals surface area contributed by atoms with Gasteiger partial charge in [-0.1, -0.05) is 24.8 Å². The SMILES string of the molecule is C=CCOc1ccccc1C(=O)N1CCC(N(C)C)CC1. The molecule has 0 aromatic heterocycles. The Hall–Kier alpha value is -1.81. The molecule has 0 unspecified atom stereocenters. The van der Waals surface area contributed by atoms with Crippen LogP contribution in [-0.2, 0) is 0 Å². The first-order chi connectivity index (χ1) is 10.1. The van der Waals surface area contributed by atoms with Crippen LogP contribution < -0.4 is 4.74 Å². The van der Waals surface area contributed by atoms with E-state index in [0.717, 1.165) is 25.9 Å². The van der Waals surface area contributed by atoms with Gasteiger partial charge in [-0.15, -0.1) is 0 Å². The van der Waals surface area contributed by atoms with Crippen molar-refractivity contribution in [2.24, 2.45) is 0 Å². The second-order valence-electron chi connectivity index (χ2n) is 5.58. The second-order valence-corrected chi connectivity index (χ2v) is 5.58. The summed E-state index contributed by atoms with van der Waals surface area (Å²) in [6, 6.07) is 8.00. The standard InChI is InChI=1S/C17H24N2O2/c1-4-13-21-16-8-6-5-7-15(16)17(20)19-11-9-14(10-12-19)18(2)3/h4-8,14H,1,9-13H2,2-3H3. The molecule has 1 aromatic rings. The lowest BCUT2D eigenvalue weighted by molar-refractivity contribution is 0.0659. The number of rotatable bonds is 5. The molecule has 1 aromatic carbocycles. The summed E-state index contributed by atoms with van der Waals surface area (Å²) >= 11 is 0. The number of carbonyl (C=O) groups is 1. The summed E-state index contributed by atoms with van der Waals surface area (Å²) in [4.78, 5) is 16.8. The average Bonchev–Trinajstić information content (AvgIpc) is 2.52. The van der Waals surface area contributed by atoms with Crippen molar-refractivity contribution in [1.82, 2.24) is 9.80 Å². The first-order valence-electron chi connectivity index (χ1n) is 7.42. The number of hydrogen-bond donors (Lipinski definition) is 0. The van der Waals surface area contributed by atoms with Crippen LogP contribution in [-0.4, -0.2) is 55.5 Å². The van der Waals surface area contributed by atoms with E-state index in [0.29, 0.717) is 24.0 Å². The third kappa shape index (κ3) is 3.85. The van der Waals surface area contributed by atoms with Crippen LogP contribution in [0.25, 0.3) is 0 Å². The molecule has 1 fully saturated rings. The van der Waals surface area contributed by atoms with Gasteiger partial charge in [-0.2, -0.15) is 0 Å². The molecule has 1 aliphatic rings. The number of nitrogens with zero attached hydrogens (tertiary/aromatic N) is 2. The van der Waals surface area contributed by atoms with E-state index in [1.54, 1.807) is 6.08 Å². The smallest absolute Gasteiger partial charge is 0.257 e. The predicted molar refractivity (Wildman–Crippen MR) is 84.7 cm³/mol. The Kier molecular flexibility index (Phi) is 5.39. The molecule has 1 aliphatic heterocycles. The highest BCUT2D eigenvalue weighted by Crippen LogP contribution is 2.22. The van der Waals surface area contributed by atoms with Crippen LogP contribution in [0.4, 0.5) is 0 Å².